The largest absolute Gasteiger partial charge is 0.496 e. The molecule has 0 bridgehead atoms. The first kappa shape index (κ1) is 16.1. The summed E-state index contributed by atoms with van der Waals surface area (Å²) < 4.78 is 16.2. The van der Waals surface area contributed by atoms with Crippen LogP contribution in [0.2, 0.25) is 0 Å². The van der Waals surface area contributed by atoms with Gasteiger partial charge in [-0.3, -0.25) is 4.79 Å². The molecule has 6 heteroatoms. The summed E-state index contributed by atoms with van der Waals surface area (Å²) in [5.74, 6) is 0.533. The average molecular weight is 283 g/mol. The van der Waals surface area contributed by atoms with Gasteiger partial charge in [-0.1, -0.05) is 0 Å². The van der Waals surface area contributed by atoms with Gasteiger partial charge in [-0.05, 0) is 19.9 Å². The van der Waals surface area contributed by atoms with Crippen LogP contribution in [0.4, 0.5) is 0 Å². The molecule has 0 fully saturated rings. The van der Waals surface area contributed by atoms with Gasteiger partial charge in [-0.25, -0.2) is 0 Å². The number of carboxylic acids is 1. The van der Waals surface area contributed by atoms with E-state index in [0.29, 0.717) is 22.8 Å². The van der Waals surface area contributed by atoms with E-state index in [9.17, 15) is 4.79 Å². The summed E-state index contributed by atoms with van der Waals surface area (Å²) >= 11 is 0. The lowest BCUT2D eigenvalue weighted by molar-refractivity contribution is -0.138. The van der Waals surface area contributed by atoms with Gasteiger partial charge >= 0.3 is 5.97 Å². The third-order valence-corrected chi connectivity index (χ3v) is 2.69. The van der Waals surface area contributed by atoms with Crippen molar-refractivity contribution in [2.45, 2.75) is 32.4 Å². The summed E-state index contributed by atoms with van der Waals surface area (Å²) in [6.45, 7) is 3.81. The number of carboxylic acid groups (broad SMARTS) is 1. The average Bonchev–Trinajstić information content (AvgIpc) is 2.38. The summed E-state index contributed by atoms with van der Waals surface area (Å²) in [5.41, 5.74) is 6.22. The van der Waals surface area contributed by atoms with Gasteiger partial charge < -0.3 is 25.1 Å². The first-order chi connectivity index (χ1) is 9.38. The van der Waals surface area contributed by atoms with Crippen LogP contribution < -0.4 is 19.9 Å². The van der Waals surface area contributed by atoms with Gasteiger partial charge in [0.15, 0.2) is 11.5 Å². The van der Waals surface area contributed by atoms with Gasteiger partial charge in [0.05, 0.1) is 20.3 Å². The second kappa shape index (κ2) is 7.00. The van der Waals surface area contributed by atoms with E-state index in [4.69, 9.17) is 25.1 Å². The van der Waals surface area contributed by atoms with Crippen LogP contribution in [-0.2, 0) is 11.2 Å². The van der Waals surface area contributed by atoms with E-state index < -0.39 is 12.0 Å². The maximum absolute atomic E-state index is 10.8. The van der Waals surface area contributed by atoms with Crippen molar-refractivity contribution in [3.8, 4) is 17.2 Å². The minimum absolute atomic E-state index is 0.0132. The Kier molecular flexibility index (Phi) is 5.64. The molecule has 1 unspecified atom stereocenters. The van der Waals surface area contributed by atoms with Gasteiger partial charge in [0, 0.05) is 18.1 Å². The van der Waals surface area contributed by atoms with Crippen LogP contribution in [-0.4, -0.2) is 37.4 Å². The number of carbonyl (C=O) groups is 1. The number of benzene rings is 1. The molecule has 1 aromatic rings. The highest BCUT2D eigenvalue weighted by atomic mass is 16.5. The topological polar surface area (TPSA) is 91.0 Å². The fourth-order valence-electron chi connectivity index (χ4n) is 1.76. The number of methoxy groups -OCH3 is 2. The van der Waals surface area contributed by atoms with Crippen molar-refractivity contribution in [3.63, 3.8) is 0 Å². The van der Waals surface area contributed by atoms with Crippen LogP contribution in [0.1, 0.15) is 19.4 Å². The Hall–Kier alpha value is -1.95. The second-order valence-corrected chi connectivity index (χ2v) is 4.63. The zero-order valence-corrected chi connectivity index (χ0v) is 12.2. The van der Waals surface area contributed by atoms with E-state index in [2.05, 4.69) is 0 Å². The van der Waals surface area contributed by atoms with E-state index in [-0.39, 0.29) is 12.5 Å². The molecule has 0 heterocycles. The van der Waals surface area contributed by atoms with E-state index in [1.54, 1.807) is 12.1 Å². The van der Waals surface area contributed by atoms with Crippen molar-refractivity contribution in [2.75, 3.05) is 14.2 Å². The van der Waals surface area contributed by atoms with Crippen LogP contribution in [0.25, 0.3) is 0 Å². The molecule has 112 valence electrons. The van der Waals surface area contributed by atoms with E-state index >= 15 is 0 Å². The summed E-state index contributed by atoms with van der Waals surface area (Å²) in [6.07, 6.45) is 0.136. The predicted molar refractivity (Wildman–Crippen MR) is 74.6 cm³/mol. The zero-order chi connectivity index (χ0) is 15.3. The summed E-state index contributed by atoms with van der Waals surface area (Å²) in [7, 11) is 3.03. The quantitative estimate of drug-likeness (QED) is 0.787. The fraction of sp³-hybridized carbons (Fsp3) is 0.500. The van der Waals surface area contributed by atoms with Gasteiger partial charge in [0.1, 0.15) is 11.8 Å². The maximum atomic E-state index is 10.8. The SMILES string of the molecule is COc1cc(OC(C)C)c(OC)cc1CC(N)C(=O)O. The van der Waals surface area contributed by atoms with Crippen molar-refractivity contribution < 1.29 is 24.1 Å². The van der Waals surface area contributed by atoms with E-state index in [1.165, 1.54) is 14.2 Å². The summed E-state index contributed by atoms with van der Waals surface area (Å²) in [4.78, 5) is 10.8. The van der Waals surface area contributed by atoms with Crippen molar-refractivity contribution >= 4 is 5.97 Å². The Morgan fingerprint density at radius 1 is 1.20 bits per heavy atom. The molecule has 0 aliphatic heterocycles. The lowest BCUT2D eigenvalue weighted by Gasteiger charge is -2.18. The Morgan fingerprint density at radius 2 is 1.80 bits per heavy atom. The number of hydrogen-bond acceptors (Lipinski definition) is 5. The molecular formula is C14H21NO5. The molecule has 0 aliphatic carbocycles. The summed E-state index contributed by atoms with van der Waals surface area (Å²) in [6, 6.07) is 2.38. The molecule has 6 nitrogen and oxygen atoms in total. The third-order valence-electron chi connectivity index (χ3n) is 2.69. The fourth-order valence-corrected chi connectivity index (χ4v) is 1.76. The molecule has 0 spiro atoms. The molecule has 3 N–H and O–H groups in total. The zero-order valence-electron chi connectivity index (χ0n) is 12.2. The van der Waals surface area contributed by atoms with Crippen LogP contribution in [0.5, 0.6) is 17.2 Å². The number of hydrogen-bond donors (Lipinski definition) is 2. The first-order valence-electron chi connectivity index (χ1n) is 6.29. The minimum atomic E-state index is -1.06. The lowest BCUT2D eigenvalue weighted by atomic mass is 10.0. The highest BCUT2D eigenvalue weighted by molar-refractivity contribution is 5.73. The third kappa shape index (κ3) is 4.03. The molecule has 0 saturated carbocycles. The minimum Gasteiger partial charge on any atom is -0.496 e. The molecule has 0 radical (unpaired) electrons. The van der Waals surface area contributed by atoms with E-state index in [1.807, 2.05) is 13.8 Å². The van der Waals surface area contributed by atoms with Crippen LogP contribution >= 0.6 is 0 Å². The van der Waals surface area contributed by atoms with Crippen molar-refractivity contribution in [1.82, 2.24) is 0 Å². The summed E-state index contributed by atoms with van der Waals surface area (Å²) in [5, 5.41) is 8.89. The Morgan fingerprint density at radius 3 is 2.25 bits per heavy atom. The smallest absolute Gasteiger partial charge is 0.320 e. The molecule has 1 rings (SSSR count). The molecular weight excluding hydrogens is 262 g/mol. The molecule has 1 atom stereocenters. The van der Waals surface area contributed by atoms with Gasteiger partial charge in [-0.2, -0.15) is 0 Å². The number of ether oxygens (including phenoxy) is 3. The molecule has 20 heavy (non-hydrogen) atoms. The Bertz CT molecular complexity index is 473. The molecule has 0 amide bonds. The monoisotopic (exact) mass is 283 g/mol. The Balaban J connectivity index is 3.14. The van der Waals surface area contributed by atoms with Crippen LogP contribution in [0.15, 0.2) is 12.1 Å². The molecule has 1 aromatic carbocycles. The van der Waals surface area contributed by atoms with Gasteiger partial charge in [0.2, 0.25) is 0 Å². The Labute approximate surface area is 118 Å². The second-order valence-electron chi connectivity index (χ2n) is 4.63. The van der Waals surface area contributed by atoms with Crippen molar-refractivity contribution in [3.05, 3.63) is 17.7 Å². The van der Waals surface area contributed by atoms with Crippen LogP contribution in [0, 0.1) is 0 Å². The highest BCUT2D eigenvalue weighted by Crippen LogP contribution is 2.35. The number of rotatable bonds is 7. The normalized spacial score (nSPS) is 12.1. The van der Waals surface area contributed by atoms with Gasteiger partial charge in [0.25, 0.3) is 0 Å². The first-order valence-corrected chi connectivity index (χ1v) is 6.29. The number of nitrogens with two attached hydrogens (primary N) is 1. The molecule has 0 saturated heterocycles. The van der Waals surface area contributed by atoms with Crippen molar-refractivity contribution in [2.24, 2.45) is 5.73 Å². The predicted octanol–water partition coefficient (Wildman–Crippen LogP) is 1.45. The number of aliphatic carboxylic acids is 1. The highest BCUT2D eigenvalue weighted by Gasteiger charge is 2.18. The van der Waals surface area contributed by atoms with E-state index in [0.717, 1.165) is 0 Å². The standard InChI is InChI=1S/C14H21NO5/c1-8(2)20-13-7-11(18-3)9(6-12(13)19-4)5-10(15)14(16)17/h6-8,10H,5,15H2,1-4H3,(H,16,17). The molecule has 0 aliphatic rings. The maximum Gasteiger partial charge on any atom is 0.320 e. The van der Waals surface area contributed by atoms with Gasteiger partial charge in [-0.15, -0.1) is 0 Å². The van der Waals surface area contributed by atoms with Crippen molar-refractivity contribution in [1.29, 1.82) is 0 Å². The lowest BCUT2D eigenvalue weighted by Crippen LogP contribution is -2.32. The molecule has 0 aromatic heterocycles. The van der Waals surface area contributed by atoms with Crippen LogP contribution in [0.3, 0.4) is 0 Å².